The second-order valence-corrected chi connectivity index (χ2v) is 10.0. The second kappa shape index (κ2) is 12.6. The lowest BCUT2D eigenvalue weighted by Crippen LogP contribution is -2.53. The predicted molar refractivity (Wildman–Crippen MR) is 129 cm³/mol. The molecule has 1 saturated heterocycles. The Bertz CT molecular complexity index is 934. The smallest absolute Gasteiger partial charge is 0.323 e. The van der Waals surface area contributed by atoms with Crippen LogP contribution in [0, 0.1) is 5.92 Å². The van der Waals surface area contributed by atoms with Crippen molar-refractivity contribution < 1.29 is 28.6 Å². The monoisotopic (exact) mass is 488 g/mol. The van der Waals surface area contributed by atoms with Crippen LogP contribution in [0.15, 0.2) is 53.1 Å². The van der Waals surface area contributed by atoms with Crippen molar-refractivity contribution in [3.05, 3.63) is 60.1 Å². The summed E-state index contributed by atoms with van der Waals surface area (Å²) in [5.41, 5.74) is 1.08. The summed E-state index contributed by atoms with van der Waals surface area (Å²) >= 11 is 1.51. The first-order valence-electron chi connectivity index (χ1n) is 11.5. The van der Waals surface area contributed by atoms with Crippen LogP contribution >= 0.6 is 11.8 Å². The molecule has 2 aromatic rings. The Morgan fingerprint density at radius 1 is 1.24 bits per heavy atom. The molecule has 0 bridgehead atoms. The topological polar surface area (TPSA) is 109 Å². The van der Waals surface area contributed by atoms with Crippen molar-refractivity contribution >= 4 is 29.6 Å². The van der Waals surface area contributed by atoms with E-state index in [-0.39, 0.29) is 23.6 Å². The summed E-state index contributed by atoms with van der Waals surface area (Å²) in [6.45, 7) is 4.02. The molecule has 34 heavy (non-hydrogen) atoms. The fourth-order valence-corrected chi connectivity index (χ4v) is 4.98. The van der Waals surface area contributed by atoms with Gasteiger partial charge in [-0.25, -0.2) is 0 Å². The summed E-state index contributed by atoms with van der Waals surface area (Å²) in [7, 11) is 0. The fourth-order valence-electron chi connectivity index (χ4n) is 3.74. The van der Waals surface area contributed by atoms with Gasteiger partial charge in [-0.1, -0.05) is 44.2 Å². The first-order chi connectivity index (χ1) is 16.3. The minimum absolute atomic E-state index is 0.189. The maximum atomic E-state index is 13.3. The molecule has 0 saturated carbocycles. The molecular weight excluding hydrogens is 456 g/mol. The summed E-state index contributed by atoms with van der Waals surface area (Å²) in [6, 6.07) is 12.0. The largest absolute Gasteiger partial charge is 0.480 e. The van der Waals surface area contributed by atoms with Gasteiger partial charge >= 0.3 is 11.9 Å². The van der Waals surface area contributed by atoms with Crippen LogP contribution in [-0.4, -0.2) is 65.4 Å². The highest BCUT2D eigenvalue weighted by molar-refractivity contribution is 7.99. The normalized spacial score (nSPS) is 19.6. The average molecular weight is 489 g/mol. The summed E-state index contributed by atoms with van der Waals surface area (Å²) in [5.74, 6) is -0.585. The van der Waals surface area contributed by atoms with Gasteiger partial charge in [-0.15, -0.1) is 11.8 Å². The number of rotatable bonds is 11. The number of nitrogens with zero attached hydrogens (tertiary/aromatic N) is 1. The van der Waals surface area contributed by atoms with Gasteiger partial charge in [-0.3, -0.25) is 19.7 Å². The molecular formula is C25H32N2O6S. The number of carboxylic acid groups (broad SMARTS) is 1. The number of aryl methyl sites for hydroxylation is 1. The minimum atomic E-state index is -1.09. The fraction of sp³-hybridized carbons (Fsp3) is 0.480. The molecule has 1 fully saturated rings. The van der Waals surface area contributed by atoms with Crippen LogP contribution in [0.5, 0.6) is 0 Å². The summed E-state index contributed by atoms with van der Waals surface area (Å²) in [6.07, 6.45) is 2.65. The van der Waals surface area contributed by atoms with Crippen LogP contribution in [-0.2, 0) is 25.5 Å². The Kier molecular flexibility index (Phi) is 9.59. The molecule has 1 amide bonds. The van der Waals surface area contributed by atoms with E-state index < -0.39 is 30.6 Å². The van der Waals surface area contributed by atoms with Crippen LogP contribution in [0.1, 0.15) is 36.8 Å². The van der Waals surface area contributed by atoms with E-state index >= 15 is 0 Å². The van der Waals surface area contributed by atoms with Crippen LogP contribution in [0.25, 0.3) is 0 Å². The summed E-state index contributed by atoms with van der Waals surface area (Å²) < 4.78 is 11.0. The molecule has 1 aromatic heterocycles. The highest BCUT2D eigenvalue weighted by atomic mass is 32.2. The SMILES string of the molecule is CC(C)COC(=O)C(CCc1ccccc1)NC1CSC(c2ccco2)CN(CC(=O)O)C1=O. The number of carbonyl (C=O) groups excluding carboxylic acids is 2. The van der Waals surface area contributed by atoms with Crippen molar-refractivity contribution in [2.45, 2.75) is 44.0 Å². The first kappa shape index (κ1) is 25.8. The molecule has 0 radical (unpaired) electrons. The Hall–Kier alpha value is -2.78. The predicted octanol–water partition coefficient (Wildman–Crippen LogP) is 3.14. The number of hydrogen-bond donors (Lipinski definition) is 2. The number of esters is 1. The van der Waals surface area contributed by atoms with E-state index in [4.69, 9.17) is 9.15 Å². The molecule has 3 rings (SSSR count). The van der Waals surface area contributed by atoms with Crippen molar-refractivity contribution in [2.24, 2.45) is 5.92 Å². The van der Waals surface area contributed by atoms with E-state index in [9.17, 15) is 19.5 Å². The zero-order valence-corrected chi connectivity index (χ0v) is 20.3. The van der Waals surface area contributed by atoms with Gasteiger partial charge in [0.05, 0.1) is 24.2 Å². The molecule has 1 aromatic carbocycles. The maximum Gasteiger partial charge on any atom is 0.323 e. The number of thioether (sulfide) groups is 1. The summed E-state index contributed by atoms with van der Waals surface area (Å²) in [4.78, 5) is 39.0. The average Bonchev–Trinajstić information content (AvgIpc) is 3.30. The Morgan fingerprint density at radius 2 is 2.00 bits per heavy atom. The Morgan fingerprint density at radius 3 is 2.65 bits per heavy atom. The number of nitrogens with one attached hydrogen (secondary N) is 1. The van der Waals surface area contributed by atoms with Gasteiger partial charge in [0.25, 0.3) is 0 Å². The number of ether oxygens (including phenoxy) is 1. The molecule has 1 aliphatic rings. The van der Waals surface area contributed by atoms with E-state index in [2.05, 4.69) is 5.32 Å². The van der Waals surface area contributed by atoms with Crippen molar-refractivity contribution in [2.75, 3.05) is 25.4 Å². The van der Waals surface area contributed by atoms with Gasteiger partial charge < -0.3 is 19.2 Å². The summed E-state index contributed by atoms with van der Waals surface area (Å²) in [5, 5.41) is 12.4. The second-order valence-electron chi connectivity index (χ2n) is 8.77. The number of benzene rings is 1. The van der Waals surface area contributed by atoms with E-state index in [0.29, 0.717) is 31.0 Å². The number of carbonyl (C=O) groups is 3. The van der Waals surface area contributed by atoms with E-state index in [1.807, 2.05) is 50.2 Å². The number of aliphatic carboxylic acids is 1. The number of hydrogen-bond acceptors (Lipinski definition) is 7. The van der Waals surface area contributed by atoms with Gasteiger partial charge in [-0.05, 0) is 36.5 Å². The lowest BCUT2D eigenvalue weighted by molar-refractivity contribution is -0.149. The standard InChI is InChI=1S/C25H32N2O6S/c1-17(2)15-33-25(31)19(11-10-18-7-4-3-5-8-18)26-20-16-34-22(21-9-6-12-32-21)13-27(24(20)30)14-23(28)29/h3-9,12,17,19-20,22,26H,10-11,13-16H2,1-2H3,(H,28,29). The van der Waals surface area contributed by atoms with Crippen molar-refractivity contribution in [3.8, 4) is 0 Å². The van der Waals surface area contributed by atoms with E-state index in [0.717, 1.165) is 5.56 Å². The molecule has 2 heterocycles. The van der Waals surface area contributed by atoms with Gasteiger partial charge in [-0.2, -0.15) is 0 Å². The molecule has 1 aliphatic heterocycles. The molecule has 3 unspecified atom stereocenters. The van der Waals surface area contributed by atoms with Crippen LogP contribution < -0.4 is 5.32 Å². The third-order valence-electron chi connectivity index (χ3n) is 5.46. The lowest BCUT2D eigenvalue weighted by atomic mass is 10.0. The highest BCUT2D eigenvalue weighted by Gasteiger charge is 2.36. The van der Waals surface area contributed by atoms with Gasteiger partial charge in [0.15, 0.2) is 0 Å². The molecule has 0 spiro atoms. The van der Waals surface area contributed by atoms with Crippen molar-refractivity contribution in [1.29, 1.82) is 0 Å². The third kappa shape index (κ3) is 7.63. The van der Waals surface area contributed by atoms with Gasteiger partial charge in [0.2, 0.25) is 5.91 Å². The quantitative estimate of drug-likeness (QED) is 0.465. The minimum Gasteiger partial charge on any atom is -0.480 e. The van der Waals surface area contributed by atoms with E-state index in [1.165, 1.54) is 16.7 Å². The Labute approximate surface area is 204 Å². The van der Waals surface area contributed by atoms with Crippen LogP contribution in [0.4, 0.5) is 0 Å². The van der Waals surface area contributed by atoms with Gasteiger partial charge in [0, 0.05) is 12.3 Å². The van der Waals surface area contributed by atoms with Crippen LogP contribution in [0.2, 0.25) is 0 Å². The third-order valence-corrected chi connectivity index (χ3v) is 6.77. The molecule has 0 aliphatic carbocycles. The van der Waals surface area contributed by atoms with Gasteiger partial charge in [0.1, 0.15) is 18.3 Å². The molecule has 9 heteroatoms. The molecule has 8 nitrogen and oxygen atoms in total. The first-order valence-corrected chi connectivity index (χ1v) is 12.5. The van der Waals surface area contributed by atoms with Crippen molar-refractivity contribution in [1.82, 2.24) is 10.2 Å². The Balaban J connectivity index is 1.76. The highest BCUT2D eigenvalue weighted by Crippen LogP contribution is 2.33. The number of amides is 1. The maximum absolute atomic E-state index is 13.3. The number of furan rings is 1. The van der Waals surface area contributed by atoms with Crippen molar-refractivity contribution in [3.63, 3.8) is 0 Å². The lowest BCUT2D eigenvalue weighted by Gasteiger charge is -2.27. The molecule has 184 valence electrons. The zero-order chi connectivity index (χ0) is 24.5. The van der Waals surface area contributed by atoms with Crippen LogP contribution in [0.3, 0.4) is 0 Å². The van der Waals surface area contributed by atoms with E-state index in [1.54, 1.807) is 12.3 Å². The molecule has 3 atom stereocenters. The zero-order valence-electron chi connectivity index (χ0n) is 19.5. The number of carboxylic acids is 1. The molecule has 2 N–H and O–H groups in total.